The number of nitrogens with one attached hydrogen (secondary N) is 1. The van der Waals surface area contributed by atoms with Crippen molar-refractivity contribution >= 4 is 34.5 Å². The van der Waals surface area contributed by atoms with Crippen LogP contribution in [0.4, 0.5) is 5.82 Å². The Balaban J connectivity index is 1.48. The number of carbonyl (C=O) groups is 1. The number of aryl methyl sites for hydroxylation is 3. The normalized spacial score (nSPS) is 11.1. The van der Waals surface area contributed by atoms with Crippen LogP contribution in [0.15, 0.2) is 59.8 Å². The van der Waals surface area contributed by atoms with Crippen molar-refractivity contribution in [3.05, 3.63) is 65.9 Å². The fourth-order valence-electron chi connectivity index (χ4n) is 3.03. The van der Waals surface area contributed by atoms with Crippen LogP contribution in [-0.2, 0) is 11.8 Å². The summed E-state index contributed by atoms with van der Waals surface area (Å²) in [6.45, 7) is 3.95. The molecule has 0 aliphatic carbocycles. The van der Waals surface area contributed by atoms with Crippen LogP contribution in [0.2, 0.25) is 0 Å². The number of benzene rings is 2. The van der Waals surface area contributed by atoms with Gasteiger partial charge in [-0.25, -0.2) is 9.67 Å². The molecule has 4 rings (SSSR count). The van der Waals surface area contributed by atoms with Crippen LogP contribution < -0.4 is 5.32 Å². The number of nitrogens with zero attached hydrogens (tertiary/aromatic N) is 4. The first-order valence-corrected chi connectivity index (χ1v) is 9.97. The number of hydrogen-bond donors (Lipinski definition) is 1. The highest BCUT2D eigenvalue weighted by molar-refractivity contribution is 7.99. The molecule has 2 heterocycles. The summed E-state index contributed by atoms with van der Waals surface area (Å²) in [7, 11) is 1.96. The van der Waals surface area contributed by atoms with Gasteiger partial charge in [-0.2, -0.15) is 5.10 Å². The highest BCUT2D eigenvalue weighted by Gasteiger charge is 2.13. The summed E-state index contributed by atoms with van der Waals surface area (Å²) in [5.41, 5.74) is 4.92. The monoisotopic (exact) mass is 391 g/mol. The summed E-state index contributed by atoms with van der Waals surface area (Å²) in [5.74, 6) is 0.845. The van der Waals surface area contributed by atoms with Crippen molar-refractivity contribution in [1.29, 1.82) is 0 Å². The maximum atomic E-state index is 12.5. The molecule has 1 N–H and O–H groups in total. The first-order chi connectivity index (χ1) is 13.5. The Kier molecular flexibility index (Phi) is 4.92. The maximum Gasteiger partial charge on any atom is 0.236 e. The van der Waals surface area contributed by atoms with Gasteiger partial charge in [0.2, 0.25) is 5.91 Å². The van der Waals surface area contributed by atoms with E-state index in [9.17, 15) is 4.79 Å². The summed E-state index contributed by atoms with van der Waals surface area (Å²) < 4.78 is 3.76. The second kappa shape index (κ2) is 7.52. The molecule has 0 unspecified atom stereocenters. The standard InChI is InChI=1S/C21H21N5OS/c1-14-8-10-16(11-9-14)26-19(12-15(2)24-26)23-20(27)13-28-21-22-17-6-4-5-7-18(17)25(21)3/h4-12H,13H2,1-3H3,(H,23,27). The van der Waals surface area contributed by atoms with Crippen LogP contribution >= 0.6 is 11.8 Å². The summed E-state index contributed by atoms with van der Waals surface area (Å²) >= 11 is 1.42. The molecule has 0 spiro atoms. The zero-order chi connectivity index (χ0) is 19.7. The van der Waals surface area contributed by atoms with Crippen molar-refractivity contribution in [2.75, 3.05) is 11.1 Å². The smallest absolute Gasteiger partial charge is 0.236 e. The van der Waals surface area contributed by atoms with E-state index in [0.29, 0.717) is 5.82 Å². The average molecular weight is 392 g/mol. The average Bonchev–Trinajstić information content (AvgIpc) is 3.20. The number of aromatic nitrogens is 4. The third kappa shape index (κ3) is 3.66. The minimum atomic E-state index is -0.0923. The fraction of sp³-hybridized carbons (Fsp3) is 0.190. The number of hydrogen-bond acceptors (Lipinski definition) is 4. The van der Waals surface area contributed by atoms with Crippen LogP contribution in [0.3, 0.4) is 0 Å². The van der Waals surface area contributed by atoms with E-state index in [1.165, 1.54) is 17.3 Å². The van der Waals surface area contributed by atoms with Gasteiger partial charge in [0.1, 0.15) is 5.82 Å². The van der Waals surface area contributed by atoms with Gasteiger partial charge in [-0.15, -0.1) is 0 Å². The van der Waals surface area contributed by atoms with Gasteiger partial charge < -0.3 is 9.88 Å². The third-order valence-corrected chi connectivity index (χ3v) is 5.49. The molecular weight excluding hydrogens is 370 g/mol. The van der Waals surface area contributed by atoms with E-state index in [4.69, 9.17) is 0 Å². The predicted octanol–water partition coefficient (Wildman–Crippen LogP) is 4.11. The lowest BCUT2D eigenvalue weighted by atomic mass is 10.2. The Morgan fingerprint density at radius 1 is 1.11 bits per heavy atom. The first kappa shape index (κ1) is 18.3. The van der Waals surface area contributed by atoms with Gasteiger partial charge in [0, 0.05) is 13.1 Å². The van der Waals surface area contributed by atoms with Gasteiger partial charge in [-0.05, 0) is 38.1 Å². The summed E-state index contributed by atoms with van der Waals surface area (Å²) in [6, 6.07) is 17.9. The van der Waals surface area contributed by atoms with E-state index < -0.39 is 0 Å². The first-order valence-electron chi connectivity index (χ1n) is 8.99. The number of anilines is 1. The molecule has 28 heavy (non-hydrogen) atoms. The van der Waals surface area contributed by atoms with Crippen LogP contribution in [0.1, 0.15) is 11.3 Å². The van der Waals surface area contributed by atoms with E-state index in [2.05, 4.69) is 15.4 Å². The lowest BCUT2D eigenvalue weighted by Gasteiger charge is -2.09. The molecule has 2 aromatic heterocycles. The molecule has 7 heteroatoms. The number of carbonyl (C=O) groups excluding carboxylic acids is 1. The summed E-state index contributed by atoms with van der Waals surface area (Å²) in [5, 5.41) is 8.29. The molecule has 1 amide bonds. The molecule has 0 saturated heterocycles. The molecule has 0 aliphatic rings. The number of rotatable bonds is 5. The molecule has 0 atom stereocenters. The SMILES string of the molecule is Cc1ccc(-n2nc(C)cc2NC(=O)CSc2nc3ccccc3n2C)cc1. The molecule has 4 aromatic rings. The summed E-state index contributed by atoms with van der Waals surface area (Å²) in [4.78, 5) is 17.1. The van der Waals surface area contributed by atoms with Crippen molar-refractivity contribution in [1.82, 2.24) is 19.3 Å². The Morgan fingerprint density at radius 3 is 2.61 bits per heavy atom. The highest BCUT2D eigenvalue weighted by Crippen LogP contribution is 2.23. The van der Waals surface area contributed by atoms with Crippen LogP contribution in [0, 0.1) is 13.8 Å². The van der Waals surface area contributed by atoms with Crippen molar-refractivity contribution < 1.29 is 4.79 Å². The highest BCUT2D eigenvalue weighted by atomic mass is 32.2. The lowest BCUT2D eigenvalue weighted by Crippen LogP contribution is -2.17. The van der Waals surface area contributed by atoms with Gasteiger partial charge in [0.15, 0.2) is 5.16 Å². The molecule has 2 aromatic carbocycles. The molecule has 142 valence electrons. The molecule has 6 nitrogen and oxygen atoms in total. The number of imidazole rings is 1. The van der Waals surface area contributed by atoms with Gasteiger partial charge >= 0.3 is 0 Å². The molecule has 0 bridgehead atoms. The third-order valence-electron chi connectivity index (χ3n) is 4.46. The Labute approximate surface area is 167 Å². The van der Waals surface area contributed by atoms with Gasteiger partial charge in [-0.3, -0.25) is 4.79 Å². The largest absolute Gasteiger partial charge is 0.322 e. The van der Waals surface area contributed by atoms with Crippen molar-refractivity contribution in [2.45, 2.75) is 19.0 Å². The van der Waals surface area contributed by atoms with E-state index in [1.807, 2.05) is 80.1 Å². The van der Waals surface area contributed by atoms with Crippen LogP contribution in [0.25, 0.3) is 16.7 Å². The van der Waals surface area contributed by atoms with E-state index >= 15 is 0 Å². The van der Waals surface area contributed by atoms with Crippen molar-refractivity contribution in [2.24, 2.45) is 7.05 Å². The van der Waals surface area contributed by atoms with Crippen molar-refractivity contribution in [3.8, 4) is 5.69 Å². The molecule has 0 aliphatic heterocycles. The van der Waals surface area contributed by atoms with E-state index in [1.54, 1.807) is 4.68 Å². The number of fused-ring (bicyclic) bond motifs is 1. The number of amides is 1. The molecule has 0 saturated carbocycles. The fourth-order valence-corrected chi connectivity index (χ4v) is 3.82. The lowest BCUT2D eigenvalue weighted by molar-refractivity contribution is -0.113. The zero-order valence-electron chi connectivity index (χ0n) is 16.0. The van der Waals surface area contributed by atoms with Crippen molar-refractivity contribution in [3.63, 3.8) is 0 Å². The number of para-hydroxylation sites is 2. The zero-order valence-corrected chi connectivity index (χ0v) is 16.8. The topological polar surface area (TPSA) is 64.7 Å². The second-order valence-corrected chi connectivity index (χ2v) is 7.64. The Morgan fingerprint density at radius 2 is 1.86 bits per heavy atom. The van der Waals surface area contributed by atoms with Gasteiger partial charge in [-0.1, -0.05) is 41.6 Å². The van der Waals surface area contributed by atoms with E-state index in [0.717, 1.165) is 27.6 Å². The van der Waals surface area contributed by atoms with Gasteiger partial charge in [0.05, 0.1) is 28.2 Å². The minimum absolute atomic E-state index is 0.0923. The molecule has 0 radical (unpaired) electrons. The van der Waals surface area contributed by atoms with Gasteiger partial charge in [0.25, 0.3) is 0 Å². The molecule has 0 fully saturated rings. The van der Waals surface area contributed by atoms with Crippen LogP contribution in [-0.4, -0.2) is 31.0 Å². The Bertz CT molecular complexity index is 1140. The minimum Gasteiger partial charge on any atom is -0.322 e. The number of thioether (sulfide) groups is 1. The predicted molar refractivity (Wildman–Crippen MR) is 113 cm³/mol. The second-order valence-electron chi connectivity index (χ2n) is 6.70. The Hall–Kier alpha value is -3.06. The quantitative estimate of drug-likeness (QED) is 0.520. The molecular formula is C21H21N5OS. The maximum absolute atomic E-state index is 12.5. The van der Waals surface area contributed by atoms with E-state index in [-0.39, 0.29) is 11.7 Å². The van der Waals surface area contributed by atoms with Crippen LogP contribution in [0.5, 0.6) is 0 Å². The summed E-state index contributed by atoms with van der Waals surface area (Å²) in [6.07, 6.45) is 0.